The third kappa shape index (κ3) is 9.49. The summed E-state index contributed by atoms with van der Waals surface area (Å²) in [6, 6.07) is 0. The van der Waals surface area contributed by atoms with Gasteiger partial charge in [0, 0.05) is 19.2 Å². The highest BCUT2D eigenvalue weighted by atomic mass is 16.2. The number of amides is 1. The summed E-state index contributed by atoms with van der Waals surface area (Å²) in [6.45, 7) is 4.13. The Morgan fingerprint density at radius 2 is 1.57 bits per heavy atom. The Hall–Kier alpha value is -1.05. The van der Waals surface area contributed by atoms with Gasteiger partial charge in [0.15, 0.2) is 0 Å². The van der Waals surface area contributed by atoms with Crippen molar-refractivity contribution in [2.75, 3.05) is 13.1 Å². The summed E-state index contributed by atoms with van der Waals surface area (Å²) in [5, 5.41) is 0. The number of carbonyl (C=O) groups is 1. The van der Waals surface area contributed by atoms with E-state index in [9.17, 15) is 4.79 Å². The number of nitrogens with zero attached hydrogens (tertiary/aromatic N) is 1. The largest absolute Gasteiger partial charge is 0.339 e. The maximum absolute atomic E-state index is 11.9. The molecule has 0 aromatic heterocycles. The molecule has 21 heavy (non-hydrogen) atoms. The minimum absolute atomic E-state index is 0.176. The van der Waals surface area contributed by atoms with Crippen LogP contribution in [0.1, 0.15) is 77.6 Å². The molecule has 0 spiro atoms. The van der Waals surface area contributed by atoms with E-state index in [4.69, 9.17) is 0 Å². The van der Waals surface area contributed by atoms with Crippen molar-refractivity contribution in [1.82, 2.24) is 4.90 Å². The van der Waals surface area contributed by atoms with Gasteiger partial charge in [0.05, 0.1) is 0 Å². The lowest BCUT2D eigenvalue weighted by atomic mass is 10.1. The molecule has 1 amide bonds. The summed E-state index contributed by atoms with van der Waals surface area (Å²) < 4.78 is 0. The molecule has 1 fully saturated rings. The van der Waals surface area contributed by atoms with E-state index in [0.29, 0.717) is 0 Å². The summed E-state index contributed by atoms with van der Waals surface area (Å²) in [5.74, 6) is 0.176. The normalized spacial score (nSPS) is 16.1. The van der Waals surface area contributed by atoms with Crippen LogP contribution in [0.3, 0.4) is 0 Å². The molecule has 0 atom stereocenters. The van der Waals surface area contributed by atoms with E-state index >= 15 is 0 Å². The zero-order valence-electron chi connectivity index (χ0n) is 13.9. The van der Waals surface area contributed by atoms with Crippen molar-refractivity contribution in [1.29, 1.82) is 0 Å². The SMILES string of the molecule is CCCCCCCCC/C=C/C=C/C(=O)N1CCCCC1. The Labute approximate surface area is 131 Å². The van der Waals surface area contributed by atoms with Crippen molar-refractivity contribution in [3.63, 3.8) is 0 Å². The number of rotatable bonds is 10. The van der Waals surface area contributed by atoms with Crippen LogP contribution in [0.15, 0.2) is 24.3 Å². The van der Waals surface area contributed by atoms with Crippen LogP contribution >= 0.6 is 0 Å². The molecule has 2 nitrogen and oxygen atoms in total. The Morgan fingerprint density at radius 1 is 0.905 bits per heavy atom. The number of piperidine rings is 1. The average Bonchev–Trinajstić information content (AvgIpc) is 2.53. The predicted molar refractivity (Wildman–Crippen MR) is 91.3 cm³/mol. The molecular formula is C19H33NO. The Kier molecular flexibility index (Phi) is 10.9. The first kappa shape index (κ1) is 18.0. The summed E-state index contributed by atoms with van der Waals surface area (Å²) in [6.07, 6.45) is 22.0. The quantitative estimate of drug-likeness (QED) is 0.306. The zero-order chi connectivity index (χ0) is 15.2. The van der Waals surface area contributed by atoms with Crippen molar-refractivity contribution in [3.05, 3.63) is 24.3 Å². The minimum atomic E-state index is 0.176. The monoisotopic (exact) mass is 291 g/mol. The molecule has 1 heterocycles. The third-order valence-corrected chi connectivity index (χ3v) is 4.13. The van der Waals surface area contributed by atoms with Gasteiger partial charge in [-0.25, -0.2) is 0 Å². The number of hydrogen-bond acceptors (Lipinski definition) is 1. The van der Waals surface area contributed by atoms with E-state index in [1.807, 2.05) is 17.1 Å². The van der Waals surface area contributed by atoms with Gasteiger partial charge < -0.3 is 4.90 Å². The molecule has 1 saturated heterocycles. The number of allylic oxidation sites excluding steroid dienone is 3. The molecule has 0 aromatic carbocycles. The van der Waals surface area contributed by atoms with Crippen molar-refractivity contribution < 1.29 is 4.79 Å². The maximum Gasteiger partial charge on any atom is 0.246 e. The van der Waals surface area contributed by atoms with Crippen LogP contribution < -0.4 is 0 Å². The van der Waals surface area contributed by atoms with Gasteiger partial charge in [-0.2, -0.15) is 0 Å². The van der Waals surface area contributed by atoms with Crippen molar-refractivity contribution in [3.8, 4) is 0 Å². The molecule has 0 N–H and O–H groups in total. The van der Waals surface area contributed by atoms with Crippen LogP contribution in [0.25, 0.3) is 0 Å². The van der Waals surface area contributed by atoms with Gasteiger partial charge in [0.1, 0.15) is 0 Å². The first-order valence-corrected chi connectivity index (χ1v) is 8.96. The van der Waals surface area contributed by atoms with Gasteiger partial charge in [-0.1, -0.05) is 63.7 Å². The van der Waals surface area contributed by atoms with Gasteiger partial charge in [0.25, 0.3) is 0 Å². The summed E-state index contributed by atoms with van der Waals surface area (Å²) in [7, 11) is 0. The fourth-order valence-electron chi connectivity index (χ4n) is 2.75. The van der Waals surface area contributed by atoms with Crippen LogP contribution in [0.2, 0.25) is 0 Å². The van der Waals surface area contributed by atoms with Crippen molar-refractivity contribution >= 4 is 5.91 Å². The van der Waals surface area contributed by atoms with Crippen LogP contribution in [-0.2, 0) is 4.79 Å². The molecule has 0 saturated carbocycles. The second-order valence-electron chi connectivity index (χ2n) is 6.08. The average molecular weight is 291 g/mol. The molecule has 0 radical (unpaired) electrons. The van der Waals surface area contributed by atoms with Crippen LogP contribution in [0, 0.1) is 0 Å². The highest BCUT2D eigenvalue weighted by Crippen LogP contribution is 2.10. The van der Waals surface area contributed by atoms with Gasteiger partial charge in [0.2, 0.25) is 5.91 Å². The van der Waals surface area contributed by atoms with Gasteiger partial charge >= 0.3 is 0 Å². The fraction of sp³-hybridized carbons (Fsp3) is 0.737. The van der Waals surface area contributed by atoms with Crippen molar-refractivity contribution in [2.24, 2.45) is 0 Å². The molecule has 2 heteroatoms. The second-order valence-corrected chi connectivity index (χ2v) is 6.08. The Bertz CT molecular complexity index is 314. The fourth-order valence-corrected chi connectivity index (χ4v) is 2.75. The lowest BCUT2D eigenvalue weighted by molar-refractivity contribution is -0.126. The van der Waals surface area contributed by atoms with E-state index < -0.39 is 0 Å². The molecule has 0 aromatic rings. The van der Waals surface area contributed by atoms with Crippen LogP contribution in [0.5, 0.6) is 0 Å². The van der Waals surface area contributed by atoms with Crippen molar-refractivity contribution in [2.45, 2.75) is 77.6 Å². The highest BCUT2D eigenvalue weighted by molar-refractivity contribution is 5.87. The topological polar surface area (TPSA) is 20.3 Å². The Morgan fingerprint density at radius 3 is 2.29 bits per heavy atom. The smallest absolute Gasteiger partial charge is 0.246 e. The molecule has 1 rings (SSSR count). The highest BCUT2D eigenvalue weighted by Gasteiger charge is 2.12. The van der Waals surface area contributed by atoms with E-state index in [2.05, 4.69) is 13.0 Å². The molecule has 0 bridgehead atoms. The predicted octanol–water partition coefficient (Wildman–Crippen LogP) is 5.25. The third-order valence-electron chi connectivity index (χ3n) is 4.13. The van der Waals surface area contributed by atoms with Gasteiger partial charge in [-0.15, -0.1) is 0 Å². The standard InChI is InChI=1S/C19H33NO/c1-2-3-4-5-6-7-8-9-10-11-13-16-19(21)20-17-14-12-15-18-20/h10-11,13,16H,2-9,12,14-15,17-18H2,1H3/b11-10+,16-13+. The van der Waals surface area contributed by atoms with Gasteiger partial charge in [-0.3, -0.25) is 4.79 Å². The van der Waals surface area contributed by atoms with E-state index in [-0.39, 0.29) is 5.91 Å². The van der Waals surface area contributed by atoms with Crippen LogP contribution in [0.4, 0.5) is 0 Å². The van der Waals surface area contributed by atoms with Crippen LogP contribution in [-0.4, -0.2) is 23.9 Å². The summed E-state index contributed by atoms with van der Waals surface area (Å²) in [5.41, 5.74) is 0. The molecular weight excluding hydrogens is 258 g/mol. The minimum Gasteiger partial charge on any atom is -0.339 e. The van der Waals surface area contributed by atoms with E-state index in [1.165, 1.54) is 51.4 Å². The molecule has 0 aliphatic carbocycles. The number of unbranched alkanes of at least 4 members (excludes halogenated alkanes) is 7. The second kappa shape index (κ2) is 12.7. The van der Waals surface area contributed by atoms with E-state index in [1.54, 1.807) is 6.08 Å². The lowest BCUT2D eigenvalue weighted by Gasteiger charge is -2.25. The zero-order valence-corrected chi connectivity index (χ0v) is 13.9. The first-order valence-electron chi connectivity index (χ1n) is 8.96. The molecule has 120 valence electrons. The first-order chi connectivity index (χ1) is 10.3. The number of carbonyl (C=O) groups excluding carboxylic acids is 1. The Balaban J connectivity index is 1.98. The molecule has 0 unspecified atom stereocenters. The number of hydrogen-bond donors (Lipinski definition) is 0. The van der Waals surface area contributed by atoms with Gasteiger partial charge in [-0.05, 0) is 32.1 Å². The summed E-state index contributed by atoms with van der Waals surface area (Å²) >= 11 is 0. The molecule has 1 aliphatic rings. The number of likely N-dealkylation sites (tertiary alicyclic amines) is 1. The summed E-state index contributed by atoms with van der Waals surface area (Å²) in [4.78, 5) is 13.8. The maximum atomic E-state index is 11.9. The lowest BCUT2D eigenvalue weighted by Crippen LogP contribution is -2.34. The van der Waals surface area contributed by atoms with E-state index in [0.717, 1.165) is 32.4 Å². The molecule has 1 aliphatic heterocycles.